The Balaban J connectivity index is 1.62. The lowest BCUT2D eigenvalue weighted by Gasteiger charge is -2.16. The molecule has 0 saturated heterocycles. The maximum atomic E-state index is 5.79. The first-order valence-corrected chi connectivity index (χ1v) is 7.74. The average molecular weight is 299 g/mol. The first kappa shape index (κ1) is 13.8. The van der Waals surface area contributed by atoms with Gasteiger partial charge in [0, 0.05) is 0 Å². The second kappa shape index (κ2) is 6.10. The maximum Gasteiger partial charge on any atom is 0.147 e. The standard InChI is InChI=1S/C16H17N3OS/c1-11-3-5-13(6-4-11)20-9-12(2)19-16-15-14(7-8-21-15)17-10-18-16/h3-8,10,12H,9H2,1-2H3,(H,17,18,19). The fraction of sp³-hybridized carbons (Fsp3) is 0.250. The van der Waals surface area contributed by atoms with E-state index in [1.54, 1.807) is 17.7 Å². The third-order valence-electron chi connectivity index (χ3n) is 3.15. The number of nitrogens with one attached hydrogen (secondary N) is 1. The predicted molar refractivity (Wildman–Crippen MR) is 87.2 cm³/mol. The summed E-state index contributed by atoms with van der Waals surface area (Å²) in [5.41, 5.74) is 2.21. The summed E-state index contributed by atoms with van der Waals surface area (Å²) in [6.07, 6.45) is 1.59. The Bertz CT molecular complexity index is 724. The molecule has 0 aliphatic rings. The minimum atomic E-state index is 0.159. The average Bonchev–Trinajstić information content (AvgIpc) is 2.96. The number of ether oxygens (including phenoxy) is 1. The Labute approximate surface area is 127 Å². The van der Waals surface area contributed by atoms with Crippen LogP contribution in [0.5, 0.6) is 5.75 Å². The first-order valence-electron chi connectivity index (χ1n) is 6.86. The Morgan fingerprint density at radius 3 is 2.81 bits per heavy atom. The number of aromatic nitrogens is 2. The Morgan fingerprint density at radius 1 is 1.19 bits per heavy atom. The highest BCUT2D eigenvalue weighted by Crippen LogP contribution is 2.25. The third-order valence-corrected chi connectivity index (χ3v) is 4.06. The van der Waals surface area contributed by atoms with E-state index in [0.717, 1.165) is 21.8 Å². The lowest BCUT2D eigenvalue weighted by atomic mass is 10.2. The number of benzene rings is 1. The molecule has 3 rings (SSSR count). The zero-order valence-electron chi connectivity index (χ0n) is 12.0. The fourth-order valence-electron chi connectivity index (χ4n) is 2.02. The highest BCUT2D eigenvalue weighted by molar-refractivity contribution is 7.17. The molecule has 0 fully saturated rings. The molecule has 1 atom stereocenters. The van der Waals surface area contributed by atoms with Gasteiger partial charge in [-0.05, 0) is 37.4 Å². The third kappa shape index (κ3) is 3.31. The summed E-state index contributed by atoms with van der Waals surface area (Å²) in [5, 5.41) is 5.41. The Morgan fingerprint density at radius 2 is 2.00 bits per heavy atom. The van der Waals surface area contributed by atoms with Crippen molar-refractivity contribution < 1.29 is 4.74 Å². The molecule has 1 unspecified atom stereocenters. The quantitative estimate of drug-likeness (QED) is 0.776. The van der Waals surface area contributed by atoms with Crippen LogP contribution < -0.4 is 10.1 Å². The fourth-order valence-corrected chi connectivity index (χ4v) is 2.82. The first-order chi connectivity index (χ1) is 10.2. The SMILES string of the molecule is Cc1ccc(OCC(C)Nc2ncnc3ccsc23)cc1. The van der Waals surface area contributed by atoms with Gasteiger partial charge in [0.1, 0.15) is 24.5 Å². The minimum absolute atomic E-state index is 0.159. The number of thiophene rings is 1. The Kier molecular flexibility index (Phi) is 4.01. The van der Waals surface area contributed by atoms with Crippen LogP contribution >= 0.6 is 11.3 Å². The highest BCUT2D eigenvalue weighted by atomic mass is 32.1. The molecule has 0 aliphatic heterocycles. The van der Waals surface area contributed by atoms with Gasteiger partial charge in [0.25, 0.3) is 0 Å². The van der Waals surface area contributed by atoms with Crippen LogP contribution in [0.25, 0.3) is 10.2 Å². The zero-order valence-corrected chi connectivity index (χ0v) is 12.9. The van der Waals surface area contributed by atoms with Crippen LogP contribution in [0.2, 0.25) is 0 Å². The molecule has 2 aromatic heterocycles. The molecule has 108 valence electrons. The molecule has 1 N–H and O–H groups in total. The number of aryl methyl sites for hydroxylation is 1. The molecular formula is C16H17N3OS. The van der Waals surface area contributed by atoms with Crippen LogP contribution in [0, 0.1) is 6.92 Å². The summed E-state index contributed by atoms with van der Waals surface area (Å²) in [4.78, 5) is 8.56. The summed E-state index contributed by atoms with van der Waals surface area (Å²) in [5.74, 6) is 1.76. The molecule has 2 heterocycles. The maximum absolute atomic E-state index is 5.79. The van der Waals surface area contributed by atoms with E-state index in [0.29, 0.717) is 6.61 Å². The molecule has 0 radical (unpaired) electrons. The van der Waals surface area contributed by atoms with Crippen molar-refractivity contribution in [2.45, 2.75) is 19.9 Å². The molecular weight excluding hydrogens is 282 g/mol. The number of rotatable bonds is 5. The van der Waals surface area contributed by atoms with Crippen molar-refractivity contribution in [3.05, 3.63) is 47.6 Å². The van der Waals surface area contributed by atoms with Gasteiger partial charge < -0.3 is 10.1 Å². The second-order valence-electron chi connectivity index (χ2n) is 5.03. The molecule has 0 aliphatic carbocycles. The molecule has 3 aromatic rings. The molecule has 0 saturated carbocycles. The van der Waals surface area contributed by atoms with E-state index in [9.17, 15) is 0 Å². The van der Waals surface area contributed by atoms with E-state index >= 15 is 0 Å². The molecule has 1 aromatic carbocycles. The summed E-state index contributed by atoms with van der Waals surface area (Å²) >= 11 is 1.64. The van der Waals surface area contributed by atoms with Crippen LogP contribution in [-0.2, 0) is 0 Å². The van der Waals surface area contributed by atoms with Gasteiger partial charge in [0.15, 0.2) is 0 Å². The van der Waals surface area contributed by atoms with Crippen molar-refractivity contribution in [1.82, 2.24) is 9.97 Å². The number of hydrogen-bond acceptors (Lipinski definition) is 5. The van der Waals surface area contributed by atoms with Crippen molar-refractivity contribution in [3.63, 3.8) is 0 Å². The van der Waals surface area contributed by atoms with Crippen LogP contribution in [0.1, 0.15) is 12.5 Å². The smallest absolute Gasteiger partial charge is 0.147 e. The van der Waals surface area contributed by atoms with Gasteiger partial charge >= 0.3 is 0 Å². The lowest BCUT2D eigenvalue weighted by Crippen LogP contribution is -2.24. The zero-order chi connectivity index (χ0) is 14.7. The molecule has 5 heteroatoms. The lowest BCUT2D eigenvalue weighted by molar-refractivity contribution is 0.304. The molecule has 21 heavy (non-hydrogen) atoms. The number of anilines is 1. The predicted octanol–water partition coefficient (Wildman–Crippen LogP) is 3.88. The van der Waals surface area contributed by atoms with Crippen molar-refractivity contribution >= 4 is 27.4 Å². The topological polar surface area (TPSA) is 47.0 Å². The highest BCUT2D eigenvalue weighted by Gasteiger charge is 2.09. The van der Waals surface area contributed by atoms with E-state index in [4.69, 9.17) is 4.74 Å². The second-order valence-corrected chi connectivity index (χ2v) is 5.94. The van der Waals surface area contributed by atoms with E-state index in [-0.39, 0.29) is 6.04 Å². The minimum Gasteiger partial charge on any atom is -0.491 e. The molecule has 0 spiro atoms. The van der Waals surface area contributed by atoms with Gasteiger partial charge in [-0.3, -0.25) is 0 Å². The van der Waals surface area contributed by atoms with Gasteiger partial charge in [0.05, 0.1) is 16.3 Å². The van der Waals surface area contributed by atoms with Crippen LogP contribution in [0.3, 0.4) is 0 Å². The van der Waals surface area contributed by atoms with Crippen molar-refractivity contribution in [3.8, 4) is 5.75 Å². The van der Waals surface area contributed by atoms with E-state index in [1.807, 2.05) is 35.7 Å². The van der Waals surface area contributed by atoms with Gasteiger partial charge in [-0.25, -0.2) is 9.97 Å². The van der Waals surface area contributed by atoms with Crippen LogP contribution in [0.15, 0.2) is 42.0 Å². The Hall–Kier alpha value is -2.14. The summed E-state index contributed by atoms with van der Waals surface area (Å²) in [7, 11) is 0. The van der Waals surface area contributed by atoms with Gasteiger partial charge in [-0.1, -0.05) is 17.7 Å². The van der Waals surface area contributed by atoms with Crippen molar-refractivity contribution in [2.24, 2.45) is 0 Å². The van der Waals surface area contributed by atoms with Gasteiger partial charge in [-0.2, -0.15) is 0 Å². The summed E-state index contributed by atoms with van der Waals surface area (Å²) in [6.45, 7) is 4.73. The summed E-state index contributed by atoms with van der Waals surface area (Å²) < 4.78 is 6.87. The van der Waals surface area contributed by atoms with E-state index < -0.39 is 0 Å². The summed E-state index contributed by atoms with van der Waals surface area (Å²) in [6, 6.07) is 10.2. The monoisotopic (exact) mass is 299 g/mol. The largest absolute Gasteiger partial charge is 0.491 e. The van der Waals surface area contributed by atoms with Gasteiger partial charge in [-0.15, -0.1) is 11.3 Å². The van der Waals surface area contributed by atoms with Crippen LogP contribution in [0.4, 0.5) is 5.82 Å². The number of fused-ring (bicyclic) bond motifs is 1. The van der Waals surface area contributed by atoms with E-state index in [1.165, 1.54) is 5.56 Å². The normalized spacial score (nSPS) is 12.3. The molecule has 0 amide bonds. The van der Waals surface area contributed by atoms with Crippen LogP contribution in [-0.4, -0.2) is 22.6 Å². The molecule has 4 nitrogen and oxygen atoms in total. The van der Waals surface area contributed by atoms with Crippen molar-refractivity contribution in [1.29, 1.82) is 0 Å². The number of hydrogen-bond donors (Lipinski definition) is 1. The number of nitrogens with zero attached hydrogens (tertiary/aromatic N) is 2. The van der Waals surface area contributed by atoms with Crippen molar-refractivity contribution in [2.75, 3.05) is 11.9 Å². The van der Waals surface area contributed by atoms with E-state index in [2.05, 4.69) is 29.1 Å². The molecule has 0 bridgehead atoms. The van der Waals surface area contributed by atoms with Gasteiger partial charge in [0.2, 0.25) is 0 Å².